The summed E-state index contributed by atoms with van der Waals surface area (Å²) in [6.07, 6.45) is 1.15. The van der Waals surface area contributed by atoms with Gasteiger partial charge in [0.15, 0.2) is 0 Å². The van der Waals surface area contributed by atoms with E-state index >= 15 is 0 Å². The van der Waals surface area contributed by atoms with Crippen molar-refractivity contribution in [2.75, 3.05) is 7.11 Å². The zero-order valence-electron chi connectivity index (χ0n) is 12.9. The molecule has 0 N–H and O–H groups in total. The monoisotopic (exact) mass is 268 g/mol. The average molecular weight is 268 g/mol. The predicted molar refractivity (Wildman–Crippen MR) is 85.3 cm³/mol. The van der Waals surface area contributed by atoms with E-state index in [-0.39, 0.29) is 5.41 Å². The minimum absolute atomic E-state index is 0.0300. The normalized spacial score (nSPS) is 15.4. The van der Waals surface area contributed by atoms with Gasteiger partial charge in [-0.2, -0.15) is 0 Å². The molecule has 0 saturated carbocycles. The van der Waals surface area contributed by atoms with E-state index in [2.05, 4.69) is 75.4 Å². The Hall–Kier alpha value is -1.76. The summed E-state index contributed by atoms with van der Waals surface area (Å²) in [6, 6.07) is 19.3. The van der Waals surface area contributed by atoms with Gasteiger partial charge in [0.25, 0.3) is 0 Å². The van der Waals surface area contributed by atoms with E-state index in [1.807, 2.05) is 0 Å². The Kier molecular flexibility index (Phi) is 4.49. The van der Waals surface area contributed by atoms with Gasteiger partial charge in [0.2, 0.25) is 0 Å². The van der Waals surface area contributed by atoms with Crippen molar-refractivity contribution in [3.8, 4) is 5.75 Å². The Morgan fingerprint density at radius 1 is 0.950 bits per heavy atom. The lowest BCUT2D eigenvalue weighted by molar-refractivity contribution is 0.362. The summed E-state index contributed by atoms with van der Waals surface area (Å²) in [7, 11) is 1.71. The first-order valence-electron chi connectivity index (χ1n) is 7.33. The molecule has 0 radical (unpaired) electrons. The van der Waals surface area contributed by atoms with Crippen LogP contribution in [0.15, 0.2) is 54.6 Å². The van der Waals surface area contributed by atoms with E-state index in [1.54, 1.807) is 7.11 Å². The average Bonchev–Trinajstić information content (AvgIpc) is 2.54. The van der Waals surface area contributed by atoms with Crippen LogP contribution in [0.1, 0.15) is 38.3 Å². The Labute approximate surface area is 122 Å². The van der Waals surface area contributed by atoms with E-state index < -0.39 is 0 Å². The number of rotatable bonds is 5. The summed E-state index contributed by atoms with van der Waals surface area (Å²) in [5.41, 5.74) is 2.75. The van der Waals surface area contributed by atoms with Gasteiger partial charge in [-0.3, -0.25) is 0 Å². The van der Waals surface area contributed by atoms with Crippen LogP contribution in [0.2, 0.25) is 0 Å². The second-order valence-electron chi connectivity index (χ2n) is 5.61. The summed E-state index contributed by atoms with van der Waals surface area (Å²) in [5.74, 6) is 1.48. The van der Waals surface area contributed by atoms with Crippen molar-refractivity contribution in [1.29, 1.82) is 0 Å². The van der Waals surface area contributed by atoms with Crippen LogP contribution >= 0.6 is 0 Å². The fraction of sp³-hybridized carbons (Fsp3) is 0.368. The molecule has 2 unspecified atom stereocenters. The van der Waals surface area contributed by atoms with E-state index in [0.717, 1.165) is 12.2 Å². The number of hydrogen-bond acceptors (Lipinski definition) is 1. The Balaban J connectivity index is 2.51. The zero-order chi connectivity index (χ0) is 14.6. The summed E-state index contributed by atoms with van der Waals surface area (Å²) >= 11 is 0. The van der Waals surface area contributed by atoms with Crippen LogP contribution in [0.25, 0.3) is 0 Å². The van der Waals surface area contributed by atoms with Crippen molar-refractivity contribution in [3.63, 3.8) is 0 Å². The van der Waals surface area contributed by atoms with Crippen molar-refractivity contribution in [2.45, 2.75) is 32.6 Å². The van der Waals surface area contributed by atoms with Gasteiger partial charge in [-0.25, -0.2) is 0 Å². The molecule has 0 saturated heterocycles. The Morgan fingerprint density at radius 3 is 2.00 bits per heavy atom. The molecule has 0 aliphatic carbocycles. The third-order valence-electron chi connectivity index (χ3n) is 4.66. The molecule has 0 aromatic heterocycles. The first kappa shape index (κ1) is 14.6. The van der Waals surface area contributed by atoms with Crippen LogP contribution in [0.4, 0.5) is 0 Å². The van der Waals surface area contributed by atoms with Gasteiger partial charge in [-0.15, -0.1) is 0 Å². The second-order valence-corrected chi connectivity index (χ2v) is 5.61. The number of ether oxygens (including phenoxy) is 1. The molecule has 0 bridgehead atoms. The van der Waals surface area contributed by atoms with Crippen molar-refractivity contribution in [2.24, 2.45) is 5.92 Å². The van der Waals surface area contributed by atoms with Gasteiger partial charge in [-0.1, -0.05) is 69.7 Å². The third-order valence-corrected chi connectivity index (χ3v) is 4.66. The highest BCUT2D eigenvalue weighted by molar-refractivity contribution is 5.41. The molecule has 0 aliphatic rings. The Morgan fingerprint density at radius 2 is 1.50 bits per heavy atom. The molecule has 2 aromatic carbocycles. The maximum Gasteiger partial charge on any atom is 0.118 e. The summed E-state index contributed by atoms with van der Waals surface area (Å²) in [6.45, 7) is 6.94. The molecule has 1 nitrogen and oxygen atoms in total. The fourth-order valence-corrected chi connectivity index (χ4v) is 2.87. The highest BCUT2D eigenvalue weighted by Gasteiger charge is 2.33. The van der Waals surface area contributed by atoms with Crippen LogP contribution in [-0.2, 0) is 5.41 Å². The molecule has 106 valence electrons. The predicted octanol–water partition coefficient (Wildman–Crippen LogP) is 5.05. The van der Waals surface area contributed by atoms with E-state index in [0.29, 0.717) is 5.92 Å². The van der Waals surface area contributed by atoms with Crippen LogP contribution < -0.4 is 4.74 Å². The highest BCUT2D eigenvalue weighted by Crippen LogP contribution is 2.40. The molecule has 0 spiro atoms. The molecular weight excluding hydrogens is 244 g/mol. The zero-order valence-corrected chi connectivity index (χ0v) is 12.9. The van der Waals surface area contributed by atoms with E-state index in [4.69, 9.17) is 4.74 Å². The summed E-state index contributed by atoms with van der Waals surface area (Å²) in [4.78, 5) is 0. The van der Waals surface area contributed by atoms with Crippen molar-refractivity contribution >= 4 is 0 Å². The molecule has 0 aliphatic heterocycles. The third kappa shape index (κ3) is 2.58. The minimum atomic E-state index is 0.0300. The molecule has 1 heteroatoms. The summed E-state index contributed by atoms with van der Waals surface area (Å²) in [5, 5.41) is 0. The quantitative estimate of drug-likeness (QED) is 0.737. The molecule has 20 heavy (non-hydrogen) atoms. The van der Waals surface area contributed by atoms with E-state index in [1.165, 1.54) is 11.1 Å². The first-order chi connectivity index (χ1) is 9.62. The van der Waals surface area contributed by atoms with Gasteiger partial charge >= 0.3 is 0 Å². The van der Waals surface area contributed by atoms with Crippen molar-refractivity contribution in [1.82, 2.24) is 0 Å². The van der Waals surface area contributed by atoms with Crippen molar-refractivity contribution < 1.29 is 4.74 Å². The van der Waals surface area contributed by atoms with Gasteiger partial charge in [0.1, 0.15) is 5.75 Å². The smallest absolute Gasteiger partial charge is 0.118 e. The number of benzene rings is 2. The minimum Gasteiger partial charge on any atom is -0.497 e. The van der Waals surface area contributed by atoms with Crippen LogP contribution in [-0.4, -0.2) is 7.11 Å². The number of methoxy groups -OCH3 is 1. The van der Waals surface area contributed by atoms with Crippen molar-refractivity contribution in [3.05, 3.63) is 65.7 Å². The standard InChI is InChI=1S/C19H24O/c1-5-15(2)19(3,16-9-7-6-8-10-16)17-11-13-18(20-4)14-12-17/h6-15H,5H2,1-4H3. The van der Waals surface area contributed by atoms with Gasteiger partial charge in [0.05, 0.1) is 7.11 Å². The maximum atomic E-state index is 5.27. The largest absolute Gasteiger partial charge is 0.497 e. The van der Waals surface area contributed by atoms with Crippen LogP contribution in [0.3, 0.4) is 0 Å². The maximum absolute atomic E-state index is 5.27. The van der Waals surface area contributed by atoms with Crippen LogP contribution in [0, 0.1) is 5.92 Å². The van der Waals surface area contributed by atoms with E-state index in [9.17, 15) is 0 Å². The molecule has 0 amide bonds. The molecule has 0 heterocycles. The SMILES string of the molecule is CCC(C)C(C)(c1ccccc1)c1ccc(OC)cc1. The molecular formula is C19H24O. The molecule has 0 fully saturated rings. The molecule has 2 atom stereocenters. The molecule has 2 aromatic rings. The first-order valence-corrected chi connectivity index (χ1v) is 7.33. The van der Waals surface area contributed by atoms with Gasteiger partial charge in [-0.05, 0) is 29.2 Å². The summed E-state index contributed by atoms with van der Waals surface area (Å²) < 4.78 is 5.27. The molecule has 2 rings (SSSR count). The topological polar surface area (TPSA) is 9.23 Å². The van der Waals surface area contributed by atoms with Crippen LogP contribution in [0.5, 0.6) is 5.75 Å². The number of hydrogen-bond donors (Lipinski definition) is 0. The Bertz CT molecular complexity index is 529. The lowest BCUT2D eigenvalue weighted by Crippen LogP contribution is -2.31. The van der Waals surface area contributed by atoms with Gasteiger partial charge in [0, 0.05) is 5.41 Å². The van der Waals surface area contributed by atoms with Gasteiger partial charge < -0.3 is 4.74 Å². The lowest BCUT2D eigenvalue weighted by atomic mass is 9.67. The highest BCUT2D eigenvalue weighted by atomic mass is 16.5. The second kappa shape index (κ2) is 6.13. The fourth-order valence-electron chi connectivity index (χ4n) is 2.87. The lowest BCUT2D eigenvalue weighted by Gasteiger charge is -2.37.